The van der Waals surface area contributed by atoms with Crippen molar-refractivity contribution < 1.29 is 18.8 Å². The van der Waals surface area contributed by atoms with Gasteiger partial charge in [-0.05, 0) is 31.2 Å². The Morgan fingerprint density at radius 2 is 1.73 bits per heavy atom. The van der Waals surface area contributed by atoms with E-state index in [1.807, 2.05) is 25.1 Å². The van der Waals surface area contributed by atoms with Crippen molar-refractivity contribution in [2.45, 2.75) is 19.0 Å². The fraction of sp³-hybridized carbons (Fsp3) is 0.350. The third kappa shape index (κ3) is 4.80. The molecule has 138 valence electrons. The van der Waals surface area contributed by atoms with Crippen molar-refractivity contribution in [2.75, 3.05) is 31.6 Å². The van der Waals surface area contributed by atoms with Crippen LogP contribution in [0.3, 0.4) is 0 Å². The van der Waals surface area contributed by atoms with E-state index < -0.39 is 0 Å². The lowest BCUT2D eigenvalue weighted by Gasteiger charge is -2.35. The van der Waals surface area contributed by atoms with Gasteiger partial charge in [-0.2, -0.15) is 0 Å². The van der Waals surface area contributed by atoms with Crippen LogP contribution in [0.2, 0.25) is 0 Å². The van der Waals surface area contributed by atoms with Crippen molar-refractivity contribution >= 4 is 11.7 Å². The summed E-state index contributed by atoms with van der Waals surface area (Å²) in [6.45, 7) is 5.29. The number of urea groups is 1. The Morgan fingerprint density at radius 3 is 2.38 bits per heavy atom. The first-order chi connectivity index (χ1) is 12.6. The lowest BCUT2D eigenvalue weighted by Crippen LogP contribution is -3.15. The molecule has 1 heterocycles. The van der Waals surface area contributed by atoms with Crippen LogP contribution >= 0.6 is 0 Å². The van der Waals surface area contributed by atoms with Crippen LogP contribution in [0.1, 0.15) is 18.5 Å². The quantitative estimate of drug-likeness (QED) is 0.766. The van der Waals surface area contributed by atoms with E-state index in [0.29, 0.717) is 5.69 Å². The van der Waals surface area contributed by atoms with E-state index in [-0.39, 0.29) is 23.9 Å². The van der Waals surface area contributed by atoms with Crippen LogP contribution in [-0.4, -0.2) is 38.4 Å². The lowest BCUT2D eigenvalue weighted by atomic mass is 9.98. The number of halogens is 1. The van der Waals surface area contributed by atoms with Crippen molar-refractivity contribution in [1.29, 1.82) is 0 Å². The number of hydrogen-bond donors (Lipinski definition) is 3. The molecule has 6 heteroatoms. The van der Waals surface area contributed by atoms with Gasteiger partial charge in [-0.1, -0.05) is 30.3 Å². The van der Waals surface area contributed by atoms with Crippen LogP contribution in [0.25, 0.3) is 0 Å². The molecule has 2 aromatic carbocycles. The molecule has 0 aliphatic carbocycles. The topological polar surface area (TPSA) is 54.8 Å². The highest BCUT2D eigenvalue weighted by Gasteiger charge is 2.32. The molecule has 2 amide bonds. The third-order valence-electron chi connectivity index (χ3n) is 4.69. The summed E-state index contributed by atoms with van der Waals surface area (Å²) in [7, 11) is 0. The average Bonchev–Trinajstić information content (AvgIpc) is 2.65. The molecule has 1 aliphatic rings. The minimum absolute atomic E-state index is 0.0778. The number of amides is 2. The molecule has 0 aromatic heterocycles. The summed E-state index contributed by atoms with van der Waals surface area (Å²) in [5, 5.41) is 5.79. The third-order valence-corrected chi connectivity index (χ3v) is 4.69. The monoisotopic (exact) mass is 358 g/mol. The number of benzene rings is 2. The molecule has 1 saturated heterocycles. The first-order valence-electron chi connectivity index (χ1n) is 8.94. The van der Waals surface area contributed by atoms with Gasteiger partial charge in [0.1, 0.15) is 24.9 Å². The van der Waals surface area contributed by atoms with Gasteiger partial charge in [-0.15, -0.1) is 0 Å². The van der Waals surface area contributed by atoms with Gasteiger partial charge in [-0.25, -0.2) is 9.18 Å². The second-order valence-corrected chi connectivity index (χ2v) is 6.55. The number of ether oxygens (including phenoxy) is 1. The number of hydrogen-bond acceptors (Lipinski definition) is 2. The molecular weight excluding hydrogens is 333 g/mol. The molecule has 5 nitrogen and oxygen atoms in total. The van der Waals surface area contributed by atoms with Gasteiger partial charge in [0, 0.05) is 11.3 Å². The van der Waals surface area contributed by atoms with Gasteiger partial charge < -0.3 is 20.3 Å². The Labute approximate surface area is 153 Å². The molecule has 0 radical (unpaired) electrons. The van der Waals surface area contributed by atoms with Crippen LogP contribution in [0.15, 0.2) is 54.6 Å². The van der Waals surface area contributed by atoms with E-state index in [1.54, 1.807) is 12.1 Å². The molecule has 1 aliphatic heterocycles. The van der Waals surface area contributed by atoms with E-state index in [0.717, 1.165) is 26.3 Å². The maximum Gasteiger partial charge on any atom is 0.319 e. The van der Waals surface area contributed by atoms with Gasteiger partial charge in [0.15, 0.2) is 0 Å². The molecular formula is C20H25FN3O2+. The molecule has 3 N–H and O–H groups in total. The number of quaternary nitrogens is 1. The predicted molar refractivity (Wildman–Crippen MR) is 98.7 cm³/mol. The number of anilines is 1. The van der Waals surface area contributed by atoms with Crippen LogP contribution in [0, 0.1) is 5.82 Å². The molecule has 0 spiro atoms. The van der Waals surface area contributed by atoms with E-state index in [1.165, 1.54) is 22.6 Å². The minimum Gasteiger partial charge on any atom is -0.370 e. The van der Waals surface area contributed by atoms with Crippen molar-refractivity contribution in [2.24, 2.45) is 0 Å². The molecule has 26 heavy (non-hydrogen) atoms. The Morgan fingerprint density at radius 1 is 1.08 bits per heavy atom. The van der Waals surface area contributed by atoms with Gasteiger partial charge >= 0.3 is 6.03 Å². The van der Waals surface area contributed by atoms with Crippen molar-refractivity contribution in [1.82, 2.24) is 5.32 Å². The van der Waals surface area contributed by atoms with E-state index >= 15 is 0 Å². The van der Waals surface area contributed by atoms with Crippen molar-refractivity contribution in [3.8, 4) is 0 Å². The molecule has 0 unspecified atom stereocenters. The average molecular weight is 358 g/mol. The fourth-order valence-corrected chi connectivity index (χ4v) is 3.47. The van der Waals surface area contributed by atoms with E-state index in [4.69, 9.17) is 4.74 Å². The van der Waals surface area contributed by atoms with Crippen LogP contribution in [-0.2, 0) is 4.74 Å². The zero-order valence-corrected chi connectivity index (χ0v) is 14.9. The maximum absolute atomic E-state index is 13.0. The Kier molecular flexibility index (Phi) is 6.20. The summed E-state index contributed by atoms with van der Waals surface area (Å²) in [4.78, 5) is 13.8. The van der Waals surface area contributed by atoms with Crippen LogP contribution in [0.5, 0.6) is 0 Å². The highest BCUT2D eigenvalue weighted by Crippen LogP contribution is 2.15. The van der Waals surface area contributed by atoms with E-state index in [9.17, 15) is 9.18 Å². The number of rotatable bonds is 5. The summed E-state index contributed by atoms with van der Waals surface area (Å²) in [5.41, 5.74) is 1.75. The highest BCUT2D eigenvalue weighted by molar-refractivity contribution is 5.89. The first-order valence-corrected chi connectivity index (χ1v) is 8.94. The Balaban J connectivity index is 1.69. The largest absolute Gasteiger partial charge is 0.370 e. The number of nitrogens with one attached hydrogen (secondary N) is 3. The predicted octanol–water partition coefficient (Wildman–Crippen LogP) is 1.99. The number of carbonyl (C=O) groups is 1. The molecule has 0 saturated carbocycles. The summed E-state index contributed by atoms with van der Waals surface area (Å²) in [6.07, 6.45) is 0. The Bertz CT molecular complexity index is 703. The smallest absolute Gasteiger partial charge is 0.319 e. The molecule has 0 bridgehead atoms. The minimum atomic E-state index is -0.329. The lowest BCUT2D eigenvalue weighted by molar-refractivity contribution is -0.940. The van der Waals surface area contributed by atoms with E-state index in [2.05, 4.69) is 22.8 Å². The number of morpholine rings is 1. The summed E-state index contributed by atoms with van der Waals surface area (Å²) < 4.78 is 18.5. The fourth-order valence-electron chi connectivity index (χ4n) is 3.47. The molecule has 2 aromatic rings. The highest BCUT2D eigenvalue weighted by atomic mass is 19.1. The summed E-state index contributed by atoms with van der Waals surface area (Å²) in [6, 6.07) is 15.7. The summed E-state index contributed by atoms with van der Waals surface area (Å²) >= 11 is 0. The van der Waals surface area contributed by atoms with Crippen molar-refractivity contribution in [3.05, 3.63) is 66.0 Å². The van der Waals surface area contributed by atoms with Gasteiger partial charge in [0.25, 0.3) is 0 Å². The number of carbonyl (C=O) groups excluding carboxylic acids is 1. The van der Waals surface area contributed by atoms with Gasteiger partial charge in [-0.3, -0.25) is 0 Å². The van der Waals surface area contributed by atoms with Gasteiger partial charge in [0.2, 0.25) is 0 Å². The zero-order valence-electron chi connectivity index (χ0n) is 14.9. The van der Waals surface area contributed by atoms with Crippen molar-refractivity contribution in [3.63, 3.8) is 0 Å². The van der Waals surface area contributed by atoms with Crippen LogP contribution in [0.4, 0.5) is 14.9 Å². The Hall–Kier alpha value is -2.44. The standard InChI is InChI=1S/C20H24FN3O2/c1-15(22-20(25)23-18-9-7-17(21)8-10-18)19(16-5-3-2-4-6-16)24-11-13-26-14-12-24/h2-10,15,19H,11-14H2,1H3,(H2,22,23,25)/p+1/t15-,19+/m0/s1. The molecule has 3 rings (SSSR count). The van der Waals surface area contributed by atoms with Gasteiger partial charge in [0.05, 0.1) is 19.3 Å². The second-order valence-electron chi connectivity index (χ2n) is 6.55. The van der Waals surface area contributed by atoms with Crippen LogP contribution < -0.4 is 15.5 Å². The SMILES string of the molecule is C[C@H](NC(=O)Nc1ccc(F)cc1)[C@H](c1ccccc1)[NH+]1CCOCC1. The normalized spacial score (nSPS) is 17.3. The maximum atomic E-state index is 13.0. The summed E-state index contributed by atoms with van der Waals surface area (Å²) in [5.74, 6) is -0.329. The second kappa shape index (κ2) is 8.78. The first kappa shape index (κ1) is 18.4. The molecule has 1 fully saturated rings. The molecule has 2 atom stereocenters. The zero-order chi connectivity index (χ0) is 18.4.